The number of hydrogen-bond acceptors (Lipinski definition) is 2. The Balaban J connectivity index is 3.30. The van der Waals surface area contributed by atoms with E-state index in [0.29, 0.717) is 0 Å². The fraction of sp³-hybridized carbons (Fsp3) is 0.917. The van der Waals surface area contributed by atoms with E-state index in [1.807, 2.05) is 0 Å². The van der Waals surface area contributed by atoms with Gasteiger partial charge in [-0.1, -0.05) is 46.0 Å². The van der Waals surface area contributed by atoms with E-state index < -0.39 is 0 Å². The van der Waals surface area contributed by atoms with Gasteiger partial charge in [0.05, 0.1) is 6.07 Å². The summed E-state index contributed by atoms with van der Waals surface area (Å²) in [6, 6.07) is 2.21. The summed E-state index contributed by atoms with van der Waals surface area (Å²) >= 11 is 0. The maximum atomic E-state index is 8.78. The summed E-state index contributed by atoms with van der Waals surface area (Å²) < 4.78 is 5.48. The molecule has 1 atom stereocenters. The topological polar surface area (TPSA) is 33.0 Å². The predicted molar refractivity (Wildman–Crippen MR) is 59.0 cm³/mol. The summed E-state index contributed by atoms with van der Waals surface area (Å²) in [7, 11) is 0. The van der Waals surface area contributed by atoms with Gasteiger partial charge >= 0.3 is 0 Å². The maximum Gasteiger partial charge on any atom is 0.143 e. The van der Waals surface area contributed by atoms with E-state index in [1.54, 1.807) is 0 Å². The van der Waals surface area contributed by atoms with Crippen molar-refractivity contribution in [3.8, 4) is 6.07 Å². The van der Waals surface area contributed by atoms with Crippen LogP contribution in [-0.2, 0) is 4.74 Å². The quantitative estimate of drug-likeness (QED) is 0.528. The molecule has 0 aliphatic heterocycles. The molecule has 2 nitrogen and oxygen atoms in total. The molecule has 0 radical (unpaired) electrons. The highest BCUT2D eigenvalue weighted by molar-refractivity contribution is 4.83. The molecule has 1 unspecified atom stereocenters. The molecule has 0 aromatic carbocycles. The van der Waals surface area contributed by atoms with Crippen molar-refractivity contribution in [3.63, 3.8) is 0 Å². The summed E-state index contributed by atoms with van der Waals surface area (Å²) in [6.45, 7) is 5.08. The maximum absolute atomic E-state index is 8.78. The molecule has 0 aromatic heterocycles. The lowest BCUT2D eigenvalue weighted by molar-refractivity contribution is 0.0796. The number of unbranched alkanes of at least 4 members (excludes halogenated alkanes) is 4. The fourth-order valence-corrected chi connectivity index (χ4v) is 1.33. The van der Waals surface area contributed by atoms with Gasteiger partial charge in [0.15, 0.2) is 0 Å². The first kappa shape index (κ1) is 13.4. The van der Waals surface area contributed by atoms with Crippen LogP contribution in [0.2, 0.25) is 0 Å². The summed E-state index contributed by atoms with van der Waals surface area (Å²) in [6.07, 6.45) is 7.79. The van der Waals surface area contributed by atoms with Crippen LogP contribution in [0.15, 0.2) is 0 Å². The van der Waals surface area contributed by atoms with Crippen LogP contribution in [-0.4, -0.2) is 12.7 Å². The lowest BCUT2D eigenvalue weighted by atomic mass is 10.2. The molecule has 0 amide bonds. The van der Waals surface area contributed by atoms with E-state index in [1.165, 1.54) is 19.3 Å². The lowest BCUT2D eigenvalue weighted by Gasteiger charge is -2.09. The molecule has 0 bridgehead atoms. The Morgan fingerprint density at radius 2 is 1.79 bits per heavy atom. The molecule has 0 N–H and O–H groups in total. The van der Waals surface area contributed by atoms with Crippen LogP contribution in [0.1, 0.15) is 58.8 Å². The Kier molecular flexibility index (Phi) is 10.1. The monoisotopic (exact) mass is 197 g/mol. The van der Waals surface area contributed by atoms with Crippen molar-refractivity contribution in [2.75, 3.05) is 6.61 Å². The number of ether oxygens (including phenoxy) is 1. The van der Waals surface area contributed by atoms with E-state index in [0.717, 1.165) is 32.3 Å². The van der Waals surface area contributed by atoms with Crippen molar-refractivity contribution in [1.82, 2.24) is 0 Å². The molecule has 82 valence electrons. The van der Waals surface area contributed by atoms with Gasteiger partial charge < -0.3 is 4.74 Å². The highest BCUT2D eigenvalue weighted by Crippen LogP contribution is 2.06. The molecule has 0 spiro atoms. The van der Waals surface area contributed by atoms with Crippen LogP contribution in [0.3, 0.4) is 0 Å². The van der Waals surface area contributed by atoms with Crippen LogP contribution in [0.25, 0.3) is 0 Å². The molecule has 0 fully saturated rings. The molecule has 0 saturated heterocycles. The SMILES string of the molecule is CCCCCCOC(C#N)CCCC. The fourth-order valence-electron chi connectivity index (χ4n) is 1.33. The van der Waals surface area contributed by atoms with Gasteiger partial charge in [0.1, 0.15) is 6.10 Å². The van der Waals surface area contributed by atoms with E-state index in [9.17, 15) is 0 Å². The first-order chi connectivity index (χ1) is 6.85. The van der Waals surface area contributed by atoms with Crippen molar-refractivity contribution in [2.24, 2.45) is 0 Å². The summed E-state index contributed by atoms with van der Waals surface area (Å²) in [4.78, 5) is 0. The lowest BCUT2D eigenvalue weighted by Crippen LogP contribution is -2.11. The van der Waals surface area contributed by atoms with Gasteiger partial charge in [-0.05, 0) is 12.8 Å². The van der Waals surface area contributed by atoms with Gasteiger partial charge in [-0.2, -0.15) is 5.26 Å². The number of hydrogen-bond donors (Lipinski definition) is 0. The van der Waals surface area contributed by atoms with Crippen LogP contribution >= 0.6 is 0 Å². The van der Waals surface area contributed by atoms with Gasteiger partial charge in [-0.15, -0.1) is 0 Å². The molecule has 0 aliphatic carbocycles. The van der Waals surface area contributed by atoms with E-state index in [-0.39, 0.29) is 6.10 Å². The molecule has 0 aliphatic rings. The highest BCUT2D eigenvalue weighted by atomic mass is 16.5. The number of rotatable bonds is 9. The van der Waals surface area contributed by atoms with Gasteiger partial charge in [0, 0.05) is 6.61 Å². The first-order valence-electron chi connectivity index (χ1n) is 5.86. The van der Waals surface area contributed by atoms with Crippen LogP contribution in [0.4, 0.5) is 0 Å². The van der Waals surface area contributed by atoms with Crippen molar-refractivity contribution in [1.29, 1.82) is 5.26 Å². The van der Waals surface area contributed by atoms with Gasteiger partial charge in [-0.3, -0.25) is 0 Å². The zero-order chi connectivity index (χ0) is 10.6. The van der Waals surface area contributed by atoms with E-state index in [4.69, 9.17) is 10.00 Å². The average molecular weight is 197 g/mol. The van der Waals surface area contributed by atoms with Crippen molar-refractivity contribution < 1.29 is 4.74 Å². The number of nitriles is 1. The second-order valence-electron chi connectivity index (χ2n) is 3.69. The highest BCUT2D eigenvalue weighted by Gasteiger charge is 2.05. The zero-order valence-electron chi connectivity index (χ0n) is 9.59. The third kappa shape index (κ3) is 8.07. The third-order valence-corrected chi connectivity index (χ3v) is 2.28. The van der Waals surface area contributed by atoms with Crippen molar-refractivity contribution in [2.45, 2.75) is 64.9 Å². The predicted octanol–water partition coefficient (Wildman–Crippen LogP) is 3.67. The van der Waals surface area contributed by atoms with E-state index >= 15 is 0 Å². The minimum absolute atomic E-state index is 0.170. The Bertz CT molecular complexity index is 151. The normalized spacial score (nSPS) is 12.4. The smallest absolute Gasteiger partial charge is 0.143 e. The van der Waals surface area contributed by atoms with Crippen molar-refractivity contribution >= 4 is 0 Å². The number of nitrogens with zero attached hydrogens (tertiary/aromatic N) is 1. The van der Waals surface area contributed by atoms with Gasteiger partial charge in [0.25, 0.3) is 0 Å². The second-order valence-corrected chi connectivity index (χ2v) is 3.69. The molecular weight excluding hydrogens is 174 g/mol. The van der Waals surface area contributed by atoms with Crippen LogP contribution in [0, 0.1) is 11.3 Å². The third-order valence-electron chi connectivity index (χ3n) is 2.28. The minimum atomic E-state index is -0.170. The Morgan fingerprint density at radius 1 is 1.07 bits per heavy atom. The van der Waals surface area contributed by atoms with Crippen molar-refractivity contribution in [3.05, 3.63) is 0 Å². The molecule has 0 rings (SSSR count). The molecule has 14 heavy (non-hydrogen) atoms. The van der Waals surface area contributed by atoms with Crippen LogP contribution in [0.5, 0.6) is 0 Å². The Hall–Kier alpha value is -0.550. The summed E-state index contributed by atoms with van der Waals surface area (Å²) in [5.41, 5.74) is 0. The van der Waals surface area contributed by atoms with Gasteiger partial charge in [-0.25, -0.2) is 0 Å². The first-order valence-corrected chi connectivity index (χ1v) is 5.86. The summed E-state index contributed by atoms with van der Waals surface area (Å²) in [5, 5.41) is 8.78. The molecular formula is C12H23NO. The molecule has 0 saturated carbocycles. The zero-order valence-corrected chi connectivity index (χ0v) is 9.59. The largest absolute Gasteiger partial charge is 0.363 e. The summed E-state index contributed by atoms with van der Waals surface area (Å²) in [5.74, 6) is 0. The standard InChI is InChI=1S/C12H23NO/c1-3-5-7-8-10-14-12(11-13)9-6-4-2/h12H,3-10H2,1-2H3. The van der Waals surface area contributed by atoms with Crippen LogP contribution < -0.4 is 0 Å². The second kappa shape index (κ2) is 10.5. The molecule has 2 heteroatoms. The Labute approximate surface area is 88.3 Å². The average Bonchev–Trinajstić information content (AvgIpc) is 2.22. The van der Waals surface area contributed by atoms with Gasteiger partial charge in [0.2, 0.25) is 0 Å². The molecule has 0 heterocycles. The molecule has 0 aromatic rings. The Morgan fingerprint density at radius 3 is 2.36 bits per heavy atom. The minimum Gasteiger partial charge on any atom is -0.363 e. The van der Waals surface area contributed by atoms with E-state index in [2.05, 4.69) is 19.9 Å².